The van der Waals surface area contributed by atoms with E-state index in [1.807, 2.05) is 54.3 Å². The second kappa shape index (κ2) is 6.85. The van der Waals surface area contributed by atoms with Crippen molar-refractivity contribution in [2.24, 2.45) is 0 Å². The fraction of sp³-hybridized carbons (Fsp3) is 0.294. The molecule has 1 amide bonds. The topological polar surface area (TPSA) is 33.2 Å². The molecule has 0 unspecified atom stereocenters. The lowest BCUT2D eigenvalue weighted by atomic mass is 10.1. The van der Waals surface area contributed by atoms with Crippen LogP contribution in [0.25, 0.3) is 0 Å². The summed E-state index contributed by atoms with van der Waals surface area (Å²) in [5.74, 6) is 0.0446. The largest absolute Gasteiger partial charge is 0.334 e. The quantitative estimate of drug-likeness (QED) is 0.832. The number of aromatic nitrogens is 1. The third kappa shape index (κ3) is 3.67. The minimum Gasteiger partial charge on any atom is -0.334 e. The van der Waals surface area contributed by atoms with E-state index < -0.39 is 0 Å². The lowest BCUT2D eigenvalue weighted by molar-refractivity contribution is 0.0743. The zero-order chi connectivity index (χ0) is 14.4. The number of rotatable bonds is 5. The van der Waals surface area contributed by atoms with E-state index in [4.69, 9.17) is 0 Å². The SMILES string of the molecule is CCCN(Cc1ccccc1)C(=O)c1ccc(C)nc1. The van der Waals surface area contributed by atoms with Crippen LogP contribution < -0.4 is 0 Å². The molecule has 2 rings (SSSR count). The average Bonchev–Trinajstić information content (AvgIpc) is 2.48. The predicted octanol–water partition coefficient (Wildman–Crippen LogP) is 3.44. The zero-order valence-electron chi connectivity index (χ0n) is 12.0. The Hall–Kier alpha value is -2.16. The second-order valence-electron chi connectivity index (χ2n) is 4.90. The van der Waals surface area contributed by atoms with Crippen LogP contribution in [0.3, 0.4) is 0 Å². The van der Waals surface area contributed by atoms with Gasteiger partial charge in [0.25, 0.3) is 5.91 Å². The van der Waals surface area contributed by atoms with Gasteiger partial charge in [0.2, 0.25) is 0 Å². The van der Waals surface area contributed by atoms with Crippen LogP contribution in [-0.2, 0) is 6.54 Å². The van der Waals surface area contributed by atoms with Crippen LogP contribution in [-0.4, -0.2) is 22.3 Å². The van der Waals surface area contributed by atoms with Crippen LogP contribution >= 0.6 is 0 Å². The molecule has 1 aromatic heterocycles. The fourth-order valence-electron chi connectivity index (χ4n) is 2.10. The van der Waals surface area contributed by atoms with Gasteiger partial charge in [-0.15, -0.1) is 0 Å². The molecule has 0 bridgehead atoms. The lowest BCUT2D eigenvalue weighted by Crippen LogP contribution is -2.31. The molecule has 0 aliphatic carbocycles. The molecule has 0 saturated carbocycles. The molecule has 0 aliphatic heterocycles. The maximum absolute atomic E-state index is 12.5. The molecule has 0 atom stereocenters. The van der Waals surface area contributed by atoms with E-state index in [9.17, 15) is 4.79 Å². The van der Waals surface area contributed by atoms with E-state index in [1.165, 1.54) is 0 Å². The Morgan fingerprint density at radius 3 is 2.50 bits per heavy atom. The van der Waals surface area contributed by atoms with E-state index >= 15 is 0 Å². The molecular formula is C17H20N2O. The molecule has 3 nitrogen and oxygen atoms in total. The molecule has 0 radical (unpaired) electrons. The van der Waals surface area contributed by atoms with Crippen molar-refractivity contribution >= 4 is 5.91 Å². The molecule has 104 valence electrons. The maximum atomic E-state index is 12.5. The van der Waals surface area contributed by atoms with Crippen molar-refractivity contribution in [1.29, 1.82) is 0 Å². The van der Waals surface area contributed by atoms with E-state index in [0.717, 1.165) is 24.2 Å². The summed E-state index contributed by atoms with van der Waals surface area (Å²) in [6.07, 6.45) is 2.60. The van der Waals surface area contributed by atoms with Gasteiger partial charge in [-0.25, -0.2) is 0 Å². The van der Waals surface area contributed by atoms with Crippen LogP contribution in [0.5, 0.6) is 0 Å². The van der Waals surface area contributed by atoms with Gasteiger partial charge >= 0.3 is 0 Å². The Morgan fingerprint density at radius 1 is 1.15 bits per heavy atom. The molecule has 2 aromatic rings. The van der Waals surface area contributed by atoms with Gasteiger partial charge in [-0.3, -0.25) is 9.78 Å². The number of nitrogens with zero attached hydrogens (tertiary/aromatic N) is 2. The first kappa shape index (κ1) is 14.3. The maximum Gasteiger partial charge on any atom is 0.255 e. The second-order valence-corrected chi connectivity index (χ2v) is 4.90. The minimum absolute atomic E-state index is 0.0446. The third-order valence-corrected chi connectivity index (χ3v) is 3.16. The van der Waals surface area contributed by atoms with E-state index in [-0.39, 0.29) is 5.91 Å². The number of benzene rings is 1. The summed E-state index contributed by atoms with van der Waals surface area (Å²) >= 11 is 0. The Balaban J connectivity index is 2.15. The van der Waals surface area contributed by atoms with Gasteiger partial charge < -0.3 is 4.90 Å². The fourth-order valence-corrected chi connectivity index (χ4v) is 2.10. The summed E-state index contributed by atoms with van der Waals surface area (Å²) in [6, 6.07) is 13.8. The molecule has 3 heteroatoms. The summed E-state index contributed by atoms with van der Waals surface area (Å²) in [7, 11) is 0. The van der Waals surface area contributed by atoms with Gasteiger partial charge in [0.1, 0.15) is 0 Å². The number of carbonyl (C=O) groups excluding carboxylic acids is 1. The van der Waals surface area contributed by atoms with Crippen molar-refractivity contribution < 1.29 is 4.79 Å². The van der Waals surface area contributed by atoms with E-state index in [2.05, 4.69) is 11.9 Å². The standard InChI is InChI=1S/C17H20N2O/c1-3-11-19(13-15-7-5-4-6-8-15)17(20)16-10-9-14(2)18-12-16/h4-10,12H,3,11,13H2,1-2H3. The van der Waals surface area contributed by atoms with Gasteiger partial charge in [-0.2, -0.15) is 0 Å². The molecule has 0 N–H and O–H groups in total. The summed E-state index contributed by atoms with van der Waals surface area (Å²) in [5, 5.41) is 0. The first-order valence-corrected chi connectivity index (χ1v) is 6.96. The van der Waals surface area contributed by atoms with Crippen LogP contribution in [0, 0.1) is 6.92 Å². The summed E-state index contributed by atoms with van der Waals surface area (Å²) in [5.41, 5.74) is 2.72. The lowest BCUT2D eigenvalue weighted by Gasteiger charge is -2.22. The molecule has 1 heterocycles. The Labute approximate surface area is 120 Å². The highest BCUT2D eigenvalue weighted by Gasteiger charge is 2.15. The van der Waals surface area contributed by atoms with E-state index in [0.29, 0.717) is 12.1 Å². The molecule has 1 aromatic carbocycles. The molecule has 0 spiro atoms. The van der Waals surface area contributed by atoms with Crippen molar-refractivity contribution in [2.75, 3.05) is 6.54 Å². The van der Waals surface area contributed by atoms with Crippen LogP contribution in [0.2, 0.25) is 0 Å². The van der Waals surface area contributed by atoms with Crippen molar-refractivity contribution in [2.45, 2.75) is 26.8 Å². The highest BCUT2D eigenvalue weighted by Crippen LogP contribution is 2.10. The Morgan fingerprint density at radius 2 is 1.90 bits per heavy atom. The van der Waals surface area contributed by atoms with Crippen LogP contribution in [0.1, 0.15) is 35.0 Å². The van der Waals surface area contributed by atoms with Crippen molar-refractivity contribution in [3.05, 3.63) is 65.5 Å². The molecular weight excluding hydrogens is 248 g/mol. The Kier molecular flexibility index (Phi) is 4.88. The minimum atomic E-state index is 0.0446. The molecule has 0 saturated heterocycles. The highest BCUT2D eigenvalue weighted by molar-refractivity contribution is 5.93. The third-order valence-electron chi connectivity index (χ3n) is 3.16. The normalized spacial score (nSPS) is 10.3. The van der Waals surface area contributed by atoms with Crippen molar-refractivity contribution in [3.8, 4) is 0 Å². The first-order chi connectivity index (χ1) is 9.70. The Bertz CT molecular complexity index is 549. The van der Waals surface area contributed by atoms with Gasteiger partial charge in [0, 0.05) is 25.0 Å². The van der Waals surface area contributed by atoms with Crippen molar-refractivity contribution in [1.82, 2.24) is 9.88 Å². The number of hydrogen-bond acceptors (Lipinski definition) is 2. The van der Waals surface area contributed by atoms with Gasteiger partial charge in [0.05, 0.1) is 5.56 Å². The summed E-state index contributed by atoms with van der Waals surface area (Å²) < 4.78 is 0. The molecule has 0 aliphatic rings. The highest BCUT2D eigenvalue weighted by atomic mass is 16.2. The summed E-state index contributed by atoms with van der Waals surface area (Å²) in [6.45, 7) is 5.39. The van der Waals surface area contributed by atoms with Crippen LogP contribution in [0.15, 0.2) is 48.7 Å². The molecule has 0 fully saturated rings. The molecule has 20 heavy (non-hydrogen) atoms. The van der Waals surface area contributed by atoms with Crippen LogP contribution in [0.4, 0.5) is 0 Å². The number of carbonyl (C=O) groups is 1. The van der Waals surface area contributed by atoms with Gasteiger partial charge in [-0.1, -0.05) is 37.3 Å². The number of aryl methyl sites for hydroxylation is 1. The number of hydrogen-bond donors (Lipinski definition) is 0. The zero-order valence-corrected chi connectivity index (χ0v) is 12.0. The smallest absolute Gasteiger partial charge is 0.255 e. The van der Waals surface area contributed by atoms with Gasteiger partial charge in [-0.05, 0) is 31.0 Å². The number of amides is 1. The first-order valence-electron chi connectivity index (χ1n) is 6.96. The monoisotopic (exact) mass is 268 g/mol. The van der Waals surface area contributed by atoms with Gasteiger partial charge in [0.15, 0.2) is 0 Å². The van der Waals surface area contributed by atoms with E-state index in [1.54, 1.807) is 6.20 Å². The predicted molar refractivity (Wildman–Crippen MR) is 80.4 cm³/mol. The number of pyridine rings is 1. The van der Waals surface area contributed by atoms with Crippen molar-refractivity contribution in [3.63, 3.8) is 0 Å². The summed E-state index contributed by atoms with van der Waals surface area (Å²) in [4.78, 5) is 18.6. The average molecular weight is 268 g/mol.